The van der Waals surface area contributed by atoms with Gasteiger partial charge < -0.3 is 52.2 Å². The number of ketones is 1. The number of amides is 7. The molecule has 9 atom stereocenters. The summed E-state index contributed by atoms with van der Waals surface area (Å²) < 4.78 is 5.70. The molecule has 0 unspecified atom stereocenters. The van der Waals surface area contributed by atoms with Gasteiger partial charge >= 0.3 is 0 Å². The molecular weight excluding hydrogens is 955 g/mol. The normalized spacial score (nSPS) is 20.9. The van der Waals surface area contributed by atoms with Gasteiger partial charge in [-0.25, -0.2) is 0 Å². The maximum atomic E-state index is 13.9. The fourth-order valence-corrected chi connectivity index (χ4v) is 8.56. The van der Waals surface area contributed by atoms with E-state index >= 15 is 0 Å². The van der Waals surface area contributed by atoms with E-state index in [1.165, 1.54) is 25.6 Å². The number of thioether (sulfide) groups is 2. The lowest BCUT2D eigenvalue weighted by Gasteiger charge is -2.30. The first-order chi connectivity index (χ1) is 33.9. The van der Waals surface area contributed by atoms with Gasteiger partial charge in [-0.3, -0.25) is 43.2 Å². The first kappa shape index (κ1) is 57.3. The molecule has 384 valence electrons. The maximum Gasteiger partial charge on any atom is 0.245 e. The predicted molar refractivity (Wildman–Crippen MR) is 269 cm³/mol. The lowest BCUT2D eigenvalue weighted by atomic mass is 9.96. The average Bonchev–Trinajstić information content (AvgIpc) is 3.36. The van der Waals surface area contributed by atoms with E-state index < -0.39 is 107 Å². The van der Waals surface area contributed by atoms with Crippen LogP contribution in [-0.4, -0.2) is 142 Å². The van der Waals surface area contributed by atoms with Gasteiger partial charge in [0.1, 0.15) is 42.0 Å². The van der Waals surface area contributed by atoms with Gasteiger partial charge in [0.2, 0.25) is 46.5 Å². The minimum absolute atomic E-state index is 0.0255. The summed E-state index contributed by atoms with van der Waals surface area (Å²) in [5.41, 5.74) is 1.71. The third-order valence-corrected chi connectivity index (χ3v) is 13.3. The third kappa shape index (κ3) is 18.1. The van der Waals surface area contributed by atoms with Crippen molar-refractivity contribution in [1.29, 1.82) is 0 Å². The van der Waals surface area contributed by atoms with Crippen molar-refractivity contribution < 1.29 is 58.1 Å². The van der Waals surface area contributed by atoms with Gasteiger partial charge in [-0.15, -0.1) is 0 Å². The van der Waals surface area contributed by atoms with Gasteiger partial charge in [-0.05, 0) is 74.4 Å². The topological polar surface area (TPSA) is 288 Å². The molecule has 0 radical (unpaired) electrons. The molecule has 1 heterocycles. The zero-order valence-corrected chi connectivity index (χ0v) is 42.1. The second-order valence-electron chi connectivity index (χ2n) is 17.1. The van der Waals surface area contributed by atoms with Crippen molar-refractivity contribution in [3.63, 3.8) is 0 Å². The fraction of sp³-hybridized carbons (Fsp3) is 0.460. The van der Waals surface area contributed by atoms with Crippen molar-refractivity contribution in [3.8, 4) is 5.75 Å². The van der Waals surface area contributed by atoms with E-state index in [4.69, 9.17) is 4.74 Å². The Bertz CT molecular complexity index is 2290. The van der Waals surface area contributed by atoms with Crippen LogP contribution in [0.4, 0.5) is 0 Å². The quantitative estimate of drug-likeness (QED) is 0.0536. The molecule has 0 bridgehead atoms. The van der Waals surface area contributed by atoms with Gasteiger partial charge in [0.05, 0.1) is 25.4 Å². The van der Waals surface area contributed by atoms with Crippen LogP contribution in [0.1, 0.15) is 74.9 Å². The van der Waals surface area contributed by atoms with Crippen LogP contribution in [0.5, 0.6) is 5.75 Å². The summed E-state index contributed by atoms with van der Waals surface area (Å²) in [5.74, 6) is -5.82. The second-order valence-corrected chi connectivity index (χ2v) is 19.1. The van der Waals surface area contributed by atoms with Gasteiger partial charge in [-0.2, -0.15) is 11.8 Å². The summed E-state index contributed by atoms with van der Waals surface area (Å²) in [6.07, 6.45) is 0.996. The van der Waals surface area contributed by atoms with Crippen LogP contribution < -0.4 is 42.0 Å². The number of nitrogens with one attached hydrogen (secondary N) is 7. The highest BCUT2D eigenvalue weighted by Gasteiger charge is 2.37. The number of rotatable bonds is 21. The molecule has 3 aromatic rings. The Morgan fingerprint density at radius 1 is 0.789 bits per heavy atom. The van der Waals surface area contributed by atoms with E-state index in [0.29, 0.717) is 46.4 Å². The number of carbonyl (C=O) groups is 9. The summed E-state index contributed by atoms with van der Waals surface area (Å²) in [5, 5.41) is 38.1. The molecule has 0 aromatic heterocycles. The summed E-state index contributed by atoms with van der Waals surface area (Å²) >= 11 is 2.05. The Balaban J connectivity index is 1.45. The summed E-state index contributed by atoms with van der Waals surface area (Å²) in [6.45, 7) is 5.36. The molecule has 3 aromatic carbocycles. The first-order valence-corrected chi connectivity index (χ1v) is 25.8. The zero-order chi connectivity index (χ0) is 52.0. The number of hydrogen-bond donors (Lipinski definition) is 9. The molecule has 4 rings (SSSR count). The Morgan fingerprint density at radius 2 is 1.42 bits per heavy atom. The average molecular weight is 1020 g/mol. The highest BCUT2D eigenvalue weighted by molar-refractivity contribution is 8.13. The molecule has 1 aliphatic heterocycles. The smallest absolute Gasteiger partial charge is 0.245 e. The molecule has 21 heteroatoms. The van der Waals surface area contributed by atoms with E-state index in [1.807, 2.05) is 19.2 Å². The van der Waals surface area contributed by atoms with Gasteiger partial charge in [0.15, 0.2) is 5.78 Å². The molecule has 0 spiro atoms. The number of benzene rings is 3. The van der Waals surface area contributed by atoms with E-state index in [1.54, 1.807) is 85.8 Å². The maximum absolute atomic E-state index is 13.9. The van der Waals surface area contributed by atoms with Crippen molar-refractivity contribution in [3.05, 3.63) is 102 Å². The standard InChI is InChI=1S/C50H65N7O12S2/c1-6-29(2)41-48(66)53-36(23-25-70-5)50(68)71-28-39(47(65)51-30(3)44(62)54-37(45(63)56-41)26-32-14-9-7-10-15-32)55-49(67)42(31(4)59)57-46(64)38(27-58)52-40(60)18-13-24-69-35-21-19-34(20-22-35)43(61)33-16-11-8-12-17-33/h7-12,14-17,19-22,29-31,36-39,41-42,58-59H,6,13,18,23-28H2,1-5H3,(H,51,65)(H,52,60)(H,53,66)(H,54,62)(H,55,67)(H,56,63)(H,57,64)/t29-,30+,31+,36+,37+,38-,39+,41+,42-/m0/s1. The lowest BCUT2D eigenvalue weighted by molar-refractivity contribution is -0.136. The fourth-order valence-electron chi connectivity index (χ4n) is 7.15. The van der Waals surface area contributed by atoms with Crippen LogP contribution in [0.3, 0.4) is 0 Å². The molecular formula is C50H65N7O12S2. The van der Waals surface area contributed by atoms with Crippen LogP contribution in [0.25, 0.3) is 0 Å². The van der Waals surface area contributed by atoms with Crippen molar-refractivity contribution in [2.24, 2.45) is 5.92 Å². The summed E-state index contributed by atoms with van der Waals surface area (Å²) in [6, 6.07) is 14.6. The SMILES string of the molecule is CC[C@H](C)[C@H]1NC(=O)[C@@H](Cc2ccccc2)NC(=O)[C@@H](C)NC(=O)[C@H](NC(=O)[C@@H](NC(=O)[C@H](CO)NC(=O)CCCOc2ccc(C(=O)c3ccccc3)cc2)[C@@H](C)O)CSC(=O)[C@@H](CCSC)NC1=O. The van der Waals surface area contributed by atoms with Crippen LogP contribution >= 0.6 is 23.5 Å². The Labute approximate surface area is 421 Å². The molecule has 0 aliphatic carbocycles. The Hall–Kier alpha value is -6.29. The zero-order valence-electron chi connectivity index (χ0n) is 40.4. The Morgan fingerprint density at radius 3 is 2.04 bits per heavy atom. The van der Waals surface area contributed by atoms with Gasteiger partial charge in [-0.1, -0.05) is 92.7 Å². The van der Waals surface area contributed by atoms with E-state index in [9.17, 15) is 53.4 Å². The van der Waals surface area contributed by atoms with E-state index in [2.05, 4.69) is 37.2 Å². The highest BCUT2D eigenvalue weighted by atomic mass is 32.2. The second kappa shape index (κ2) is 29.1. The number of aliphatic hydroxyl groups is 2. The molecule has 71 heavy (non-hydrogen) atoms. The monoisotopic (exact) mass is 1020 g/mol. The molecule has 7 amide bonds. The summed E-state index contributed by atoms with van der Waals surface area (Å²) in [4.78, 5) is 122. The predicted octanol–water partition coefficient (Wildman–Crippen LogP) is 1.18. The Kier molecular flexibility index (Phi) is 23.5. The molecule has 1 fully saturated rings. The number of aliphatic hydroxyl groups excluding tert-OH is 2. The molecule has 1 saturated heterocycles. The van der Waals surface area contributed by atoms with Crippen LogP contribution in [-0.2, 0) is 44.8 Å². The third-order valence-electron chi connectivity index (χ3n) is 11.6. The molecule has 19 nitrogen and oxygen atoms in total. The molecule has 0 saturated carbocycles. The lowest BCUT2D eigenvalue weighted by Crippen LogP contribution is -2.62. The highest BCUT2D eigenvalue weighted by Crippen LogP contribution is 2.18. The number of carbonyl (C=O) groups excluding carboxylic acids is 9. The minimum atomic E-state index is -1.76. The minimum Gasteiger partial charge on any atom is -0.494 e. The number of hydrogen-bond acceptors (Lipinski definition) is 14. The van der Waals surface area contributed by atoms with Gasteiger partial charge in [0, 0.05) is 29.7 Å². The van der Waals surface area contributed by atoms with Crippen molar-refractivity contribution in [2.45, 2.75) is 108 Å². The first-order valence-electron chi connectivity index (χ1n) is 23.4. The molecule has 9 N–H and O–H groups in total. The van der Waals surface area contributed by atoms with Crippen LogP contribution in [0.15, 0.2) is 84.9 Å². The largest absolute Gasteiger partial charge is 0.494 e. The van der Waals surface area contributed by atoms with Crippen LogP contribution in [0.2, 0.25) is 0 Å². The number of ether oxygens (including phenoxy) is 1. The van der Waals surface area contributed by atoms with Crippen molar-refractivity contribution in [1.82, 2.24) is 37.2 Å². The summed E-state index contributed by atoms with van der Waals surface area (Å²) in [7, 11) is 0. The van der Waals surface area contributed by atoms with E-state index in [-0.39, 0.29) is 44.0 Å². The van der Waals surface area contributed by atoms with E-state index in [0.717, 1.165) is 0 Å². The van der Waals surface area contributed by atoms with Gasteiger partial charge in [0.25, 0.3) is 0 Å². The van der Waals surface area contributed by atoms with Crippen LogP contribution in [0, 0.1) is 5.92 Å². The van der Waals surface area contributed by atoms with Crippen molar-refractivity contribution >= 4 is 75.8 Å². The molecule has 1 aliphatic rings. The van der Waals surface area contributed by atoms with Crippen molar-refractivity contribution in [2.75, 3.05) is 31.0 Å².